The van der Waals surface area contributed by atoms with Gasteiger partial charge in [0.2, 0.25) is 0 Å². The van der Waals surface area contributed by atoms with Crippen LogP contribution in [0.4, 0.5) is 5.69 Å². The van der Waals surface area contributed by atoms with Crippen molar-refractivity contribution in [2.24, 2.45) is 0 Å². The summed E-state index contributed by atoms with van der Waals surface area (Å²) in [6, 6.07) is 21.8. The Hall–Kier alpha value is -2.05. The van der Waals surface area contributed by atoms with Crippen LogP contribution >= 0.6 is 34.2 Å². The number of benzene rings is 3. The van der Waals surface area contributed by atoms with Crippen molar-refractivity contribution in [2.75, 3.05) is 5.32 Å². The molecule has 0 aromatic heterocycles. The molecule has 0 saturated heterocycles. The maximum absolute atomic E-state index is 12.2. The number of ether oxygens (including phenoxy) is 1. The molecule has 5 heteroatoms. The van der Waals surface area contributed by atoms with Gasteiger partial charge in [0.25, 0.3) is 5.91 Å². The first-order valence-electron chi connectivity index (χ1n) is 7.20. The van der Waals surface area contributed by atoms with Crippen LogP contribution in [0.25, 0.3) is 0 Å². The molecule has 0 bridgehead atoms. The maximum Gasteiger partial charge on any atom is 0.255 e. The molecular formula is C19H13ClINO2. The average molecular weight is 450 g/mol. The number of rotatable bonds is 4. The Bertz CT molecular complexity index is 831. The monoisotopic (exact) mass is 449 g/mol. The van der Waals surface area contributed by atoms with Crippen molar-refractivity contribution in [3.63, 3.8) is 0 Å². The van der Waals surface area contributed by atoms with Crippen LogP contribution in [0.1, 0.15) is 10.4 Å². The molecule has 1 amide bonds. The highest BCUT2D eigenvalue weighted by Gasteiger charge is 2.06. The molecule has 0 atom stereocenters. The number of nitrogens with one attached hydrogen (secondary N) is 1. The molecule has 0 aliphatic rings. The van der Waals surface area contributed by atoms with Gasteiger partial charge >= 0.3 is 0 Å². The minimum Gasteiger partial charge on any atom is -0.457 e. The summed E-state index contributed by atoms with van der Waals surface area (Å²) in [6.07, 6.45) is 0. The van der Waals surface area contributed by atoms with Crippen LogP contribution in [0, 0.1) is 3.57 Å². The molecule has 0 spiro atoms. The second kappa shape index (κ2) is 7.68. The number of carbonyl (C=O) groups is 1. The Morgan fingerprint density at radius 1 is 0.833 bits per heavy atom. The van der Waals surface area contributed by atoms with Gasteiger partial charge in [-0.25, -0.2) is 0 Å². The van der Waals surface area contributed by atoms with Crippen LogP contribution in [0.15, 0.2) is 72.8 Å². The van der Waals surface area contributed by atoms with Gasteiger partial charge in [-0.15, -0.1) is 0 Å². The van der Waals surface area contributed by atoms with E-state index in [-0.39, 0.29) is 5.91 Å². The molecule has 24 heavy (non-hydrogen) atoms. The van der Waals surface area contributed by atoms with E-state index in [1.54, 1.807) is 60.7 Å². The fourth-order valence-electron chi connectivity index (χ4n) is 2.05. The molecule has 0 saturated carbocycles. The lowest BCUT2D eigenvalue weighted by molar-refractivity contribution is 0.102. The summed E-state index contributed by atoms with van der Waals surface area (Å²) in [5.41, 5.74) is 1.33. The first-order chi connectivity index (χ1) is 11.6. The van der Waals surface area contributed by atoms with Gasteiger partial charge in [-0.3, -0.25) is 4.79 Å². The number of amides is 1. The highest BCUT2D eigenvalue weighted by molar-refractivity contribution is 14.1. The second-order valence-corrected chi connectivity index (χ2v) is 6.72. The first kappa shape index (κ1) is 16.8. The summed E-state index contributed by atoms with van der Waals surface area (Å²) in [7, 11) is 0. The van der Waals surface area contributed by atoms with Gasteiger partial charge in [-0.1, -0.05) is 11.6 Å². The Morgan fingerprint density at radius 3 is 1.96 bits per heavy atom. The lowest BCUT2D eigenvalue weighted by atomic mass is 10.2. The van der Waals surface area contributed by atoms with Crippen molar-refractivity contribution in [3.05, 3.63) is 87.0 Å². The molecular weight excluding hydrogens is 437 g/mol. The fourth-order valence-corrected chi connectivity index (χ4v) is 2.54. The highest BCUT2D eigenvalue weighted by Crippen LogP contribution is 2.24. The molecule has 3 aromatic carbocycles. The minimum absolute atomic E-state index is 0.141. The van der Waals surface area contributed by atoms with Crippen LogP contribution in [0.5, 0.6) is 11.5 Å². The number of hydrogen-bond acceptors (Lipinski definition) is 2. The molecule has 0 radical (unpaired) electrons. The zero-order chi connectivity index (χ0) is 16.9. The summed E-state index contributed by atoms with van der Waals surface area (Å²) in [5, 5.41) is 3.52. The van der Waals surface area contributed by atoms with Crippen LogP contribution < -0.4 is 10.1 Å². The maximum atomic E-state index is 12.2. The lowest BCUT2D eigenvalue weighted by Crippen LogP contribution is -2.11. The van der Waals surface area contributed by atoms with Crippen molar-refractivity contribution in [1.29, 1.82) is 0 Å². The van der Waals surface area contributed by atoms with Crippen molar-refractivity contribution in [3.8, 4) is 11.5 Å². The predicted molar refractivity (Wildman–Crippen MR) is 105 cm³/mol. The van der Waals surface area contributed by atoms with Gasteiger partial charge in [-0.2, -0.15) is 0 Å². The third-order valence-electron chi connectivity index (χ3n) is 3.27. The van der Waals surface area contributed by atoms with Crippen molar-refractivity contribution in [1.82, 2.24) is 0 Å². The molecule has 0 aliphatic carbocycles. The van der Waals surface area contributed by atoms with Crippen LogP contribution in [-0.4, -0.2) is 5.91 Å². The van der Waals surface area contributed by atoms with E-state index in [2.05, 4.69) is 27.9 Å². The molecule has 1 N–H and O–H groups in total. The topological polar surface area (TPSA) is 38.3 Å². The normalized spacial score (nSPS) is 10.2. The van der Waals surface area contributed by atoms with Gasteiger partial charge in [0, 0.05) is 19.8 Å². The minimum atomic E-state index is -0.141. The molecule has 3 nitrogen and oxygen atoms in total. The summed E-state index contributed by atoms with van der Waals surface area (Å²) in [5.74, 6) is 1.25. The van der Waals surface area contributed by atoms with Crippen molar-refractivity contribution in [2.45, 2.75) is 0 Å². The number of anilines is 1. The molecule has 0 unspecified atom stereocenters. The summed E-state index contributed by atoms with van der Waals surface area (Å²) < 4.78 is 6.81. The largest absolute Gasteiger partial charge is 0.457 e. The van der Waals surface area contributed by atoms with E-state index >= 15 is 0 Å². The quantitative estimate of drug-likeness (QED) is 0.497. The zero-order valence-electron chi connectivity index (χ0n) is 12.5. The van der Waals surface area contributed by atoms with Gasteiger partial charge in [0.05, 0.1) is 0 Å². The standard InChI is InChI=1S/C19H13ClINO2/c20-14-3-9-17(10-4-14)24-18-11-7-16(8-12-18)22-19(23)13-1-5-15(21)6-2-13/h1-12H,(H,22,23). The highest BCUT2D eigenvalue weighted by atomic mass is 127. The van der Waals surface area contributed by atoms with E-state index in [1.165, 1.54) is 0 Å². The van der Waals surface area contributed by atoms with Gasteiger partial charge < -0.3 is 10.1 Å². The first-order valence-corrected chi connectivity index (χ1v) is 8.66. The predicted octanol–water partition coefficient (Wildman–Crippen LogP) is 5.99. The lowest BCUT2D eigenvalue weighted by Gasteiger charge is -2.08. The van der Waals surface area contributed by atoms with Crippen molar-refractivity contribution < 1.29 is 9.53 Å². The van der Waals surface area contributed by atoms with Gasteiger partial charge in [-0.05, 0) is 95.4 Å². The van der Waals surface area contributed by atoms with E-state index < -0.39 is 0 Å². The third-order valence-corrected chi connectivity index (χ3v) is 4.24. The third kappa shape index (κ3) is 4.49. The average Bonchev–Trinajstić information content (AvgIpc) is 2.59. The van der Waals surface area contributed by atoms with Gasteiger partial charge in [0.15, 0.2) is 0 Å². The van der Waals surface area contributed by atoms with E-state index in [4.69, 9.17) is 16.3 Å². The Labute approximate surface area is 158 Å². The smallest absolute Gasteiger partial charge is 0.255 e. The summed E-state index contributed by atoms with van der Waals surface area (Å²) in [6.45, 7) is 0. The van der Waals surface area contributed by atoms with E-state index in [0.717, 1.165) is 3.57 Å². The zero-order valence-corrected chi connectivity index (χ0v) is 15.4. The SMILES string of the molecule is O=C(Nc1ccc(Oc2ccc(Cl)cc2)cc1)c1ccc(I)cc1. The number of carbonyl (C=O) groups excluding carboxylic acids is 1. The molecule has 3 rings (SSSR count). The number of hydrogen-bond donors (Lipinski definition) is 1. The molecule has 120 valence electrons. The van der Waals surface area contributed by atoms with E-state index in [0.29, 0.717) is 27.8 Å². The fraction of sp³-hybridized carbons (Fsp3) is 0. The summed E-state index contributed by atoms with van der Waals surface area (Å²) in [4.78, 5) is 12.2. The van der Waals surface area contributed by atoms with Crippen molar-refractivity contribution >= 4 is 45.8 Å². The summed E-state index contributed by atoms with van der Waals surface area (Å²) >= 11 is 8.05. The van der Waals surface area contributed by atoms with Crippen LogP contribution in [0.3, 0.4) is 0 Å². The molecule has 0 fully saturated rings. The molecule has 0 heterocycles. The molecule has 3 aromatic rings. The Morgan fingerprint density at radius 2 is 1.38 bits per heavy atom. The molecule has 0 aliphatic heterocycles. The van der Waals surface area contributed by atoms with E-state index in [9.17, 15) is 4.79 Å². The van der Waals surface area contributed by atoms with E-state index in [1.807, 2.05) is 12.1 Å². The van der Waals surface area contributed by atoms with Crippen LogP contribution in [-0.2, 0) is 0 Å². The second-order valence-electron chi connectivity index (χ2n) is 5.04. The Balaban J connectivity index is 1.64. The number of halogens is 2. The Kier molecular flexibility index (Phi) is 5.37. The van der Waals surface area contributed by atoms with Crippen LogP contribution in [0.2, 0.25) is 5.02 Å². The van der Waals surface area contributed by atoms with Gasteiger partial charge in [0.1, 0.15) is 11.5 Å².